The monoisotopic (exact) mass is 184 g/mol. The molecule has 12 heavy (non-hydrogen) atoms. The fourth-order valence-corrected chi connectivity index (χ4v) is 1.11. The zero-order valence-corrected chi connectivity index (χ0v) is 7.84. The Labute approximate surface area is 75.7 Å². The number of para-hydroxylation sites is 1. The standard InChI is InChI=1S/C9H12O2S/c1-12(10)8-7-11-9-5-3-2-4-6-9/h2-6H,7-8H2,1H3. The maximum atomic E-state index is 10.7. The highest BCUT2D eigenvalue weighted by Gasteiger charge is 1.97. The molecule has 0 heterocycles. The number of hydrogen-bond donors (Lipinski definition) is 0. The smallest absolute Gasteiger partial charge is 0.139 e. The molecular weight excluding hydrogens is 172 g/mol. The second-order valence-corrected chi connectivity index (χ2v) is 3.99. The van der Waals surface area contributed by atoms with Gasteiger partial charge in [-0.3, -0.25) is 0 Å². The van der Waals surface area contributed by atoms with Crippen molar-refractivity contribution in [2.75, 3.05) is 18.6 Å². The van der Waals surface area contributed by atoms with Crippen molar-refractivity contribution in [3.8, 4) is 5.75 Å². The first kappa shape index (κ1) is 9.42. The van der Waals surface area contributed by atoms with Gasteiger partial charge in [0.15, 0.2) is 0 Å². The predicted octanol–water partition coefficient (Wildman–Crippen LogP) is 1.44. The van der Waals surface area contributed by atoms with Gasteiger partial charge in [-0.2, -0.15) is 0 Å². The van der Waals surface area contributed by atoms with Crippen molar-refractivity contribution in [3.63, 3.8) is 0 Å². The average molecular weight is 184 g/mol. The highest BCUT2D eigenvalue weighted by atomic mass is 32.2. The van der Waals surface area contributed by atoms with Crippen LogP contribution >= 0.6 is 0 Å². The minimum atomic E-state index is -0.764. The van der Waals surface area contributed by atoms with Crippen molar-refractivity contribution in [3.05, 3.63) is 30.3 Å². The summed E-state index contributed by atoms with van der Waals surface area (Å²) < 4.78 is 16.0. The molecule has 0 aliphatic carbocycles. The predicted molar refractivity (Wildman–Crippen MR) is 50.9 cm³/mol. The first-order chi connectivity index (χ1) is 5.79. The molecule has 0 radical (unpaired) electrons. The molecule has 0 aromatic heterocycles. The molecule has 66 valence electrons. The zero-order valence-electron chi connectivity index (χ0n) is 7.03. The van der Waals surface area contributed by atoms with Gasteiger partial charge in [0.05, 0.1) is 6.26 Å². The van der Waals surface area contributed by atoms with Crippen LogP contribution in [0.25, 0.3) is 0 Å². The summed E-state index contributed by atoms with van der Waals surface area (Å²) in [5.41, 5.74) is 0. The van der Waals surface area contributed by atoms with E-state index in [1.807, 2.05) is 30.3 Å². The van der Waals surface area contributed by atoms with Gasteiger partial charge >= 0.3 is 0 Å². The van der Waals surface area contributed by atoms with Gasteiger partial charge in [-0.15, -0.1) is 0 Å². The zero-order chi connectivity index (χ0) is 8.81. The van der Waals surface area contributed by atoms with Gasteiger partial charge in [0.2, 0.25) is 0 Å². The van der Waals surface area contributed by atoms with Crippen LogP contribution in [0.5, 0.6) is 5.75 Å². The summed E-state index contributed by atoms with van der Waals surface area (Å²) in [6.45, 7) is 0.521. The first-order valence-corrected chi connectivity index (χ1v) is 5.49. The van der Waals surface area contributed by atoms with E-state index in [0.717, 1.165) is 5.75 Å². The quantitative estimate of drug-likeness (QED) is 0.663. The highest BCUT2D eigenvalue weighted by Crippen LogP contribution is 2.07. The van der Waals surface area contributed by atoms with Crippen LogP contribution in [0.1, 0.15) is 0 Å². The maximum absolute atomic E-state index is 10.7. The topological polar surface area (TPSA) is 32.3 Å². The SMILES string of the molecule is C[S+]([O-])CCOc1ccccc1. The Morgan fingerprint density at radius 3 is 2.58 bits per heavy atom. The number of benzene rings is 1. The van der Waals surface area contributed by atoms with Crippen molar-refractivity contribution >= 4 is 11.2 Å². The second kappa shape index (κ2) is 5.06. The van der Waals surface area contributed by atoms with Crippen LogP contribution in [0.2, 0.25) is 0 Å². The van der Waals surface area contributed by atoms with Gasteiger partial charge < -0.3 is 9.29 Å². The number of ether oxygens (including phenoxy) is 1. The van der Waals surface area contributed by atoms with Crippen LogP contribution in [-0.2, 0) is 11.2 Å². The highest BCUT2D eigenvalue weighted by molar-refractivity contribution is 7.90. The third-order valence-electron chi connectivity index (χ3n) is 1.38. The van der Waals surface area contributed by atoms with Gasteiger partial charge in [0, 0.05) is 0 Å². The fraction of sp³-hybridized carbons (Fsp3) is 0.333. The van der Waals surface area contributed by atoms with Crippen LogP contribution in [0.3, 0.4) is 0 Å². The largest absolute Gasteiger partial charge is 0.616 e. The van der Waals surface area contributed by atoms with Crippen LogP contribution in [-0.4, -0.2) is 23.2 Å². The summed E-state index contributed by atoms with van der Waals surface area (Å²) in [7, 11) is 0. The van der Waals surface area contributed by atoms with Crippen molar-refractivity contribution in [2.24, 2.45) is 0 Å². The fourth-order valence-electron chi connectivity index (χ4n) is 0.794. The molecule has 0 saturated carbocycles. The van der Waals surface area contributed by atoms with Crippen molar-refractivity contribution in [2.45, 2.75) is 0 Å². The number of rotatable bonds is 4. The minimum Gasteiger partial charge on any atom is -0.616 e. The summed E-state index contributed by atoms with van der Waals surface area (Å²) in [4.78, 5) is 0. The van der Waals surface area contributed by atoms with E-state index >= 15 is 0 Å². The Morgan fingerprint density at radius 2 is 2.00 bits per heavy atom. The summed E-state index contributed by atoms with van der Waals surface area (Å²) >= 11 is -0.764. The summed E-state index contributed by atoms with van der Waals surface area (Å²) in [5, 5.41) is 0. The molecule has 1 unspecified atom stereocenters. The molecule has 0 spiro atoms. The van der Waals surface area contributed by atoms with Gasteiger partial charge in [-0.25, -0.2) is 0 Å². The normalized spacial score (nSPS) is 12.5. The van der Waals surface area contributed by atoms with Crippen molar-refractivity contribution < 1.29 is 9.29 Å². The molecule has 1 rings (SSSR count). The van der Waals surface area contributed by atoms with E-state index in [1.54, 1.807) is 6.26 Å². The Kier molecular flexibility index (Phi) is 3.97. The van der Waals surface area contributed by atoms with E-state index in [-0.39, 0.29) is 0 Å². The minimum absolute atomic E-state index is 0.521. The van der Waals surface area contributed by atoms with E-state index in [2.05, 4.69) is 0 Å². The summed E-state index contributed by atoms with van der Waals surface area (Å²) in [6, 6.07) is 9.54. The van der Waals surface area contributed by atoms with Gasteiger partial charge in [-0.05, 0) is 12.1 Å². The molecule has 0 aliphatic heterocycles. The lowest BCUT2D eigenvalue weighted by atomic mass is 10.3. The van der Waals surface area contributed by atoms with E-state index in [4.69, 9.17) is 4.74 Å². The van der Waals surface area contributed by atoms with E-state index in [1.165, 1.54) is 0 Å². The molecule has 0 fully saturated rings. The van der Waals surface area contributed by atoms with E-state index in [9.17, 15) is 4.55 Å². The third-order valence-corrected chi connectivity index (χ3v) is 2.12. The molecule has 3 heteroatoms. The molecule has 0 aliphatic rings. The molecule has 0 N–H and O–H groups in total. The van der Waals surface area contributed by atoms with Crippen LogP contribution in [0.15, 0.2) is 30.3 Å². The molecule has 0 amide bonds. The molecule has 1 atom stereocenters. The molecule has 0 bridgehead atoms. The Morgan fingerprint density at radius 1 is 1.33 bits per heavy atom. The van der Waals surface area contributed by atoms with Crippen molar-refractivity contribution in [1.29, 1.82) is 0 Å². The molecule has 2 nitrogen and oxygen atoms in total. The van der Waals surface area contributed by atoms with E-state index in [0.29, 0.717) is 12.4 Å². The van der Waals surface area contributed by atoms with E-state index < -0.39 is 11.2 Å². The molecule has 1 aromatic rings. The molecule has 1 aromatic carbocycles. The third kappa shape index (κ3) is 3.64. The molecular formula is C9H12O2S. The van der Waals surface area contributed by atoms with Crippen LogP contribution < -0.4 is 4.74 Å². The second-order valence-electron chi connectivity index (χ2n) is 2.44. The first-order valence-electron chi connectivity index (χ1n) is 3.77. The average Bonchev–Trinajstić information content (AvgIpc) is 2.05. The molecule has 0 saturated heterocycles. The lowest BCUT2D eigenvalue weighted by Crippen LogP contribution is -2.11. The maximum Gasteiger partial charge on any atom is 0.139 e. The lowest BCUT2D eigenvalue weighted by Gasteiger charge is -2.06. The lowest BCUT2D eigenvalue weighted by molar-refractivity contribution is 0.341. The Balaban J connectivity index is 2.25. The summed E-state index contributed by atoms with van der Waals surface area (Å²) in [6.07, 6.45) is 1.67. The Hall–Kier alpha value is -0.670. The van der Waals surface area contributed by atoms with Crippen molar-refractivity contribution in [1.82, 2.24) is 0 Å². The van der Waals surface area contributed by atoms with Gasteiger partial charge in [0.1, 0.15) is 18.1 Å². The Bertz CT molecular complexity index is 211. The number of hydrogen-bond acceptors (Lipinski definition) is 2. The summed E-state index contributed by atoms with van der Waals surface area (Å²) in [5.74, 6) is 1.43. The van der Waals surface area contributed by atoms with Crippen LogP contribution in [0.4, 0.5) is 0 Å². The van der Waals surface area contributed by atoms with Gasteiger partial charge in [-0.1, -0.05) is 29.4 Å². The van der Waals surface area contributed by atoms with Crippen LogP contribution in [0, 0.1) is 0 Å². The van der Waals surface area contributed by atoms with Gasteiger partial charge in [0.25, 0.3) is 0 Å².